The highest BCUT2D eigenvalue weighted by atomic mass is 19.4. The molecule has 1 spiro atoms. The summed E-state index contributed by atoms with van der Waals surface area (Å²) in [5, 5.41) is 14.4. The number of carbonyl (C=O) groups is 4. The Morgan fingerprint density at radius 1 is 1.19 bits per heavy atom. The maximum Gasteiger partial charge on any atom is 0.471 e. The highest BCUT2D eigenvalue weighted by Crippen LogP contribution is 2.46. The van der Waals surface area contributed by atoms with E-state index in [1.165, 1.54) is 30.6 Å². The van der Waals surface area contributed by atoms with Gasteiger partial charge in [0, 0.05) is 25.2 Å². The van der Waals surface area contributed by atoms with Crippen molar-refractivity contribution in [2.24, 2.45) is 5.41 Å². The monoisotopic (exact) mass is 519 g/mol. The summed E-state index contributed by atoms with van der Waals surface area (Å²) in [5.41, 5.74) is -0.872. The van der Waals surface area contributed by atoms with Crippen LogP contribution < -0.4 is 10.6 Å². The van der Waals surface area contributed by atoms with Crippen LogP contribution in [0.3, 0.4) is 0 Å². The molecule has 2 fully saturated rings. The lowest BCUT2D eigenvalue weighted by atomic mass is 9.80. The number of carbonyl (C=O) groups excluding carboxylic acids is 4. The fraction of sp³-hybridized carbons (Fsp3) is 0.560. The molecule has 4 atom stereocenters. The second-order valence-corrected chi connectivity index (χ2v) is 10.9. The zero-order valence-corrected chi connectivity index (χ0v) is 20.7. The summed E-state index contributed by atoms with van der Waals surface area (Å²) in [6.07, 6.45) is -4.41. The summed E-state index contributed by atoms with van der Waals surface area (Å²) < 4.78 is 38.9. The number of amides is 4. The van der Waals surface area contributed by atoms with Crippen LogP contribution >= 0.6 is 0 Å². The molecule has 12 heteroatoms. The van der Waals surface area contributed by atoms with Crippen molar-refractivity contribution in [3.63, 3.8) is 0 Å². The number of anilines is 1. The van der Waals surface area contributed by atoms with Crippen LogP contribution in [0.15, 0.2) is 24.3 Å². The van der Waals surface area contributed by atoms with Crippen LogP contribution in [0.25, 0.3) is 0 Å². The number of rotatable bonds is 3. The molecule has 3 aliphatic heterocycles. The Hall–Kier alpha value is -3.62. The van der Waals surface area contributed by atoms with Gasteiger partial charge in [-0.1, -0.05) is 39.0 Å². The minimum Gasteiger partial charge on any atom is -0.336 e. The number of alkyl halides is 3. The molecule has 9 nitrogen and oxygen atoms in total. The Balaban J connectivity index is 1.60. The third kappa shape index (κ3) is 4.51. The molecule has 4 amide bonds. The summed E-state index contributed by atoms with van der Waals surface area (Å²) >= 11 is 0. The van der Waals surface area contributed by atoms with E-state index in [0.717, 1.165) is 0 Å². The van der Waals surface area contributed by atoms with Crippen LogP contribution in [0.2, 0.25) is 0 Å². The van der Waals surface area contributed by atoms with Gasteiger partial charge >= 0.3 is 12.1 Å². The molecule has 2 N–H and O–H groups in total. The first-order chi connectivity index (χ1) is 17.2. The van der Waals surface area contributed by atoms with Gasteiger partial charge in [-0.25, -0.2) is 0 Å². The first kappa shape index (κ1) is 26.4. The Morgan fingerprint density at radius 3 is 2.49 bits per heavy atom. The van der Waals surface area contributed by atoms with Gasteiger partial charge in [-0.2, -0.15) is 18.4 Å². The molecule has 3 heterocycles. The number of hydrogen-bond acceptors (Lipinski definition) is 5. The Labute approximate surface area is 212 Å². The third-order valence-corrected chi connectivity index (χ3v) is 7.38. The molecule has 1 aromatic carbocycles. The largest absolute Gasteiger partial charge is 0.471 e. The third-order valence-electron chi connectivity index (χ3n) is 7.38. The van der Waals surface area contributed by atoms with Gasteiger partial charge in [-0.3, -0.25) is 19.2 Å². The molecular formula is C25H28F3N5O4. The van der Waals surface area contributed by atoms with Crippen LogP contribution in [-0.4, -0.2) is 70.8 Å². The van der Waals surface area contributed by atoms with Crippen molar-refractivity contribution in [3.8, 4) is 6.07 Å². The van der Waals surface area contributed by atoms with Crippen LogP contribution in [0, 0.1) is 16.7 Å². The highest BCUT2D eigenvalue weighted by Gasteiger charge is 2.57. The van der Waals surface area contributed by atoms with Gasteiger partial charge in [0.2, 0.25) is 17.7 Å². The maximum absolute atomic E-state index is 13.7. The van der Waals surface area contributed by atoms with Crippen LogP contribution in [0.1, 0.15) is 45.6 Å². The lowest BCUT2D eigenvalue weighted by Gasteiger charge is -2.36. The molecule has 1 aromatic rings. The van der Waals surface area contributed by atoms with Gasteiger partial charge < -0.3 is 20.4 Å². The van der Waals surface area contributed by atoms with E-state index in [1.807, 2.05) is 0 Å². The van der Waals surface area contributed by atoms with Crippen molar-refractivity contribution in [2.75, 3.05) is 18.4 Å². The highest BCUT2D eigenvalue weighted by molar-refractivity contribution is 6.07. The Bertz CT molecular complexity index is 1190. The number of para-hydroxylation sites is 1. The molecule has 0 radical (unpaired) electrons. The number of hydrogen-bond donors (Lipinski definition) is 2. The molecule has 0 aromatic heterocycles. The minimum atomic E-state index is -5.17. The van der Waals surface area contributed by atoms with Crippen molar-refractivity contribution in [2.45, 2.75) is 69.8 Å². The molecule has 1 unspecified atom stereocenters. The summed E-state index contributed by atoms with van der Waals surface area (Å²) in [6, 6.07) is 5.67. The van der Waals surface area contributed by atoms with Gasteiger partial charge in [-0.15, -0.1) is 0 Å². The lowest BCUT2D eigenvalue weighted by Crippen LogP contribution is -2.59. The predicted octanol–water partition coefficient (Wildman–Crippen LogP) is 2.09. The molecule has 3 aliphatic rings. The topological polar surface area (TPSA) is 123 Å². The van der Waals surface area contributed by atoms with E-state index in [9.17, 15) is 37.6 Å². The van der Waals surface area contributed by atoms with Crippen LogP contribution in [0.5, 0.6) is 0 Å². The van der Waals surface area contributed by atoms with E-state index in [4.69, 9.17) is 0 Å². The standard InChI is InChI=1S/C25H28F3N5O4/c1-23(2,3)18(31-22(37)25(26,27)28)20(35)32-10-6-9-17(32)19(34)33-13-24(11-14(33)12-29)15-7-4-5-8-16(15)30-21(24)36/h4-5,7-8,14,17-18H,6,9-11,13H2,1-3H3,(H,30,36)(H,31,37)/t14-,17-,18?,24-/m0/s1. The molecule has 198 valence electrons. The van der Waals surface area contributed by atoms with Gasteiger partial charge in [0.15, 0.2) is 0 Å². The van der Waals surface area contributed by atoms with Crippen molar-refractivity contribution in [3.05, 3.63) is 29.8 Å². The normalized spacial score (nSPS) is 26.0. The number of likely N-dealkylation sites (tertiary alicyclic amines) is 2. The SMILES string of the molecule is CC(C)(C)C(NC(=O)C(F)(F)F)C(=O)N1CCC[C@H]1C(=O)N1C[C@]2(C[C@H]1C#N)C(=O)Nc1ccccc12. The van der Waals surface area contributed by atoms with Gasteiger partial charge in [-0.05, 0) is 29.9 Å². The zero-order valence-electron chi connectivity index (χ0n) is 20.7. The van der Waals surface area contributed by atoms with E-state index in [0.29, 0.717) is 17.7 Å². The number of fused-ring (bicyclic) bond motifs is 2. The van der Waals surface area contributed by atoms with Gasteiger partial charge in [0.05, 0.1) is 11.5 Å². The summed E-state index contributed by atoms with van der Waals surface area (Å²) in [5.74, 6) is -3.89. The van der Waals surface area contributed by atoms with Crippen molar-refractivity contribution >= 4 is 29.3 Å². The number of nitrogens with zero attached hydrogens (tertiary/aromatic N) is 3. The number of nitrogens with one attached hydrogen (secondary N) is 2. The van der Waals surface area contributed by atoms with Crippen LogP contribution in [0.4, 0.5) is 18.9 Å². The molecular weight excluding hydrogens is 491 g/mol. The number of nitriles is 1. The summed E-state index contributed by atoms with van der Waals surface area (Å²) in [6.45, 7) is 4.61. The van der Waals surface area contributed by atoms with E-state index in [1.54, 1.807) is 29.6 Å². The lowest BCUT2D eigenvalue weighted by molar-refractivity contribution is -0.176. The second-order valence-electron chi connectivity index (χ2n) is 10.9. The molecule has 0 aliphatic carbocycles. The fourth-order valence-corrected chi connectivity index (χ4v) is 5.49. The quantitative estimate of drug-likeness (QED) is 0.633. The zero-order chi connectivity index (χ0) is 27.3. The molecule has 4 rings (SSSR count). The molecule has 0 saturated carbocycles. The van der Waals surface area contributed by atoms with E-state index in [2.05, 4.69) is 11.4 Å². The summed E-state index contributed by atoms with van der Waals surface area (Å²) in [7, 11) is 0. The first-order valence-corrected chi connectivity index (χ1v) is 12.0. The van der Waals surface area contributed by atoms with Crippen molar-refractivity contribution in [1.82, 2.24) is 15.1 Å². The van der Waals surface area contributed by atoms with E-state index >= 15 is 0 Å². The van der Waals surface area contributed by atoms with E-state index < -0.39 is 52.9 Å². The Kier molecular flexibility index (Phi) is 6.46. The first-order valence-electron chi connectivity index (χ1n) is 12.0. The van der Waals surface area contributed by atoms with Gasteiger partial charge in [0.25, 0.3) is 0 Å². The fourth-order valence-electron chi connectivity index (χ4n) is 5.49. The van der Waals surface area contributed by atoms with Crippen molar-refractivity contribution in [1.29, 1.82) is 5.26 Å². The van der Waals surface area contributed by atoms with Gasteiger partial charge in [0.1, 0.15) is 18.1 Å². The Morgan fingerprint density at radius 2 is 1.86 bits per heavy atom. The van der Waals surface area contributed by atoms with Crippen LogP contribution in [-0.2, 0) is 24.6 Å². The molecule has 0 bridgehead atoms. The van der Waals surface area contributed by atoms with E-state index in [-0.39, 0.29) is 31.8 Å². The molecule has 2 saturated heterocycles. The average Bonchev–Trinajstić information content (AvgIpc) is 3.52. The second kappa shape index (κ2) is 9.04. The summed E-state index contributed by atoms with van der Waals surface area (Å²) in [4.78, 5) is 54.3. The number of halogens is 3. The molecule has 37 heavy (non-hydrogen) atoms. The predicted molar refractivity (Wildman–Crippen MR) is 125 cm³/mol. The minimum absolute atomic E-state index is 0.0566. The van der Waals surface area contributed by atoms with Crippen molar-refractivity contribution < 1.29 is 32.3 Å². The smallest absolute Gasteiger partial charge is 0.336 e. The number of benzene rings is 1. The average molecular weight is 520 g/mol. The maximum atomic E-state index is 13.7.